The van der Waals surface area contributed by atoms with Crippen molar-refractivity contribution in [1.29, 1.82) is 5.41 Å². The van der Waals surface area contributed by atoms with Crippen LogP contribution in [0.25, 0.3) is 0 Å². The Labute approximate surface area is 57.8 Å². The van der Waals surface area contributed by atoms with Crippen LogP contribution in [-0.2, 0) is 0 Å². The van der Waals surface area contributed by atoms with Gasteiger partial charge in [-0.1, -0.05) is 12.5 Å². The summed E-state index contributed by atoms with van der Waals surface area (Å²) in [6.07, 6.45) is 7.09. The molecule has 0 aromatic carbocycles. The molecule has 0 bridgehead atoms. The van der Waals surface area contributed by atoms with Crippen LogP contribution in [0.1, 0.15) is 27.6 Å². The van der Waals surface area contributed by atoms with Gasteiger partial charge in [0, 0.05) is 6.21 Å². The van der Waals surface area contributed by atoms with Crippen LogP contribution in [0.2, 0.25) is 0 Å². The predicted molar refractivity (Wildman–Crippen MR) is 41.0 cm³/mol. The van der Waals surface area contributed by atoms with E-state index in [2.05, 4.69) is 6.92 Å². The van der Waals surface area contributed by atoms with Gasteiger partial charge in [0.2, 0.25) is 0 Å². The van der Waals surface area contributed by atoms with Crippen molar-refractivity contribution >= 4 is 6.21 Å². The van der Waals surface area contributed by atoms with E-state index in [1.807, 2.05) is 6.08 Å². The zero-order chi connectivity index (χ0) is 6.69. The molecule has 0 amide bonds. The molecule has 1 fully saturated rings. The Bertz CT molecular complexity index is 140. The first-order chi connectivity index (χ1) is 4.33. The minimum Gasteiger partial charge on any atom is -0.309 e. The van der Waals surface area contributed by atoms with Gasteiger partial charge < -0.3 is 5.41 Å². The Morgan fingerprint density at radius 1 is 1.78 bits per heavy atom. The van der Waals surface area contributed by atoms with Crippen LogP contribution < -0.4 is 0 Å². The minimum atomic E-state index is 0. The van der Waals surface area contributed by atoms with E-state index in [1.54, 1.807) is 0 Å². The molecule has 1 N–H and O–H groups in total. The van der Waals surface area contributed by atoms with Crippen LogP contribution in [0.15, 0.2) is 11.6 Å². The number of nitrogens with one attached hydrogen (secondary N) is 1. The Morgan fingerprint density at radius 2 is 2.56 bits per heavy atom. The normalized spacial score (nSPS) is 31.2. The summed E-state index contributed by atoms with van der Waals surface area (Å²) < 4.78 is 0. The van der Waals surface area contributed by atoms with Gasteiger partial charge in [0.25, 0.3) is 0 Å². The Morgan fingerprint density at radius 3 is 3.00 bits per heavy atom. The number of hydrogen-bond acceptors (Lipinski definition) is 1. The molecule has 1 heteroatoms. The Balaban J connectivity index is 0.000000810. The van der Waals surface area contributed by atoms with Crippen LogP contribution in [0.5, 0.6) is 0 Å². The summed E-state index contributed by atoms with van der Waals surface area (Å²) in [5, 5.41) is 6.83. The molecule has 1 saturated carbocycles. The highest BCUT2D eigenvalue weighted by Gasteiger charge is 2.13. The molecule has 0 aromatic rings. The fourth-order valence-electron chi connectivity index (χ4n) is 1.35. The van der Waals surface area contributed by atoms with Gasteiger partial charge in [-0.15, -0.1) is 0 Å². The summed E-state index contributed by atoms with van der Waals surface area (Å²) in [4.78, 5) is 0. The molecule has 0 aliphatic heterocycles. The number of hydrogen-bond donors (Lipinski definition) is 1. The molecule has 1 atom stereocenters. The summed E-state index contributed by atoms with van der Waals surface area (Å²) in [6.45, 7) is 2.27. The van der Waals surface area contributed by atoms with Crippen LogP contribution in [-0.4, -0.2) is 6.21 Å². The second-order valence-electron chi connectivity index (χ2n) is 2.84. The quantitative estimate of drug-likeness (QED) is 0.519. The molecule has 0 aromatic heterocycles. The van der Waals surface area contributed by atoms with Crippen LogP contribution in [0.4, 0.5) is 0 Å². The first kappa shape index (κ1) is 6.53. The molecule has 1 rings (SSSR count). The smallest absolute Gasteiger partial charge is 0.309 e. The fraction of sp³-hybridized carbons (Fsp3) is 0.625. The van der Waals surface area contributed by atoms with Gasteiger partial charge in [-0.05, 0) is 31.3 Å². The van der Waals surface area contributed by atoms with Gasteiger partial charge in [0.15, 0.2) is 0 Å². The average Bonchev–Trinajstić information content (AvgIpc) is 2.17. The third-order valence-corrected chi connectivity index (χ3v) is 1.89. The highest BCUT2D eigenvalue weighted by Crippen LogP contribution is 2.28. The fourth-order valence-corrected chi connectivity index (χ4v) is 1.35. The van der Waals surface area contributed by atoms with E-state index >= 15 is 0 Å². The standard InChI is InChI=1S/C8H13N/c1-7-2-3-8(6-7)4-5-9/h4-5,7,9H,2-3,6H2,1H3/p+1/b8-4+,9-5?. The maximum absolute atomic E-state index is 6.83. The van der Waals surface area contributed by atoms with Crippen molar-refractivity contribution in [2.75, 3.05) is 0 Å². The van der Waals surface area contributed by atoms with Gasteiger partial charge >= 0.3 is 1.43 Å². The lowest BCUT2D eigenvalue weighted by Gasteiger charge is -1.93. The third kappa shape index (κ3) is 1.67. The topological polar surface area (TPSA) is 23.9 Å². The molecule has 1 unspecified atom stereocenters. The van der Waals surface area contributed by atoms with E-state index in [0.717, 1.165) is 5.92 Å². The SMILES string of the molecule is CC1CC/C(=C\C=N)C1.[H+]. The third-order valence-electron chi connectivity index (χ3n) is 1.89. The molecule has 0 saturated heterocycles. The van der Waals surface area contributed by atoms with Crippen molar-refractivity contribution in [3.05, 3.63) is 11.6 Å². The second-order valence-corrected chi connectivity index (χ2v) is 2.84. The van der Waals surface area contributed by atoms with Crippen LogP contribution in [0, 0.1) is 11.3 Å². The van der Waals surface area contributed by atoms with Gasteiger partial charge in [-0.25, -0.2) is 0 Å². The highest BCUT2D eigenvalue weighted by atomic mass is 14.3. The lowest BCUT2D eigenvalue weighted by Crippen LogP contribution is -1.80. The van der Waals surface area contributed by atoms with Crippen LogP contribution in [0.3, 0.4) is 0 Å². The molecular formula is C8H14N+. The first-order valence-corrected chi connectivity index (χ1v) is 3.51. The molecular weight excluding hydrogens is 110 g/mol. The van der Waals surface area contributed by atoms with E-state index in [1.165, 1.54) is 31.1 Å². The summed E-state index contributed by atoms with van der Waals surface area (Å²) in [6, 6.07) is 0. The van der Waals surface area contributed by atoms with E-state index in [4.69, 9.17) is 5.41 Å². The summed E-state index contributed by atoms with van der Waals surface area (Å²) >= 11 is 0. The molecule has 1 nitrogen and oxygen atoms in total. The van der Waals surface area contributed by atoms with Gasteiger partial charge in [0.1, 0.15) is 0 Å². The van der Waals surface area contributed by atoms with E-state index < -0.39 is 0 Å². The zero-order valence-corrected chi connectivity index (χ0v) is 5.85. The Hall–Kier alpha value is -0.590. The maximum atomic E-state index is 6.83. The molecule has 0 heterocycles. The summed E-state index contributed by atoms with van der Waals surface area (Å²) in [5.74, 6) is 0.858. The molecule has 0 spiro atoms. The number of rotatable bonds is 1. The maximum Gasteiger partial charge on any atom is 1.00 e. The van der Waals surface area contributed by atoms with E-state index in [9.17, 15) is 0 Å². The minimum absolute atomic E-state index is 0. The van der Waals surface area contributed by atoms with Crippen molar-refractivity contribution < 1.29 is 1.43 Å². The van der Waals surface area contributed by atoms with Crippen molar-refractivity contribution in [3.63, 3.8) is 0 Å². The molecule has 0 radical (unpaired) electrons. The van der Waals surface area contributed by atoms with Gasteiger partial charge in [-0.2, -0.15) is 0 Å². The van der Waals surface area contributed by atoms with Crippen molar-refractivity contribution in [2.45, 2.75) is 26.2 Å². The summed E-state index contributed by atoms with van der Waals surface area (Å²) in [5.41, 5.74) is 1.46. The molecule has 50 valence electrons. The van der Waals surface area contributed by atoms with Crippen molar-refractivity contribution in [2.24, 2.45) is 5.92 Å². The highest BCUT2D eigenvalue weighted by molar-refractivity contribution is 5.69. The monoisotopic (exact) mass is 124 g/mol. The molecule has 1 aliphatic carbocycles. The molecule has 1 aliphatic rings. The lowest BCUT2D eigenvalue weighted by molar-refractivity contribution is 0.620. The predicted octanol–water partition coefficient (Wildman–Crippen LogP) is 2.49. The first-order valence-electron chi connectivity index (χ1n) is 3.51. The largest absolute Gasteiger partial charge is 1.00 e. The van der Waals surface area contributed by atoms with Gasteiger partial charge in [0.05, 0.1) is 0 Å². The van der Waals surface area contributed by atoms with Crippen molar-refractivity contribution in [3.8, 4) is 0 Å². The number of allylic oxidation sites excluding steroid dienone is 2. The van der Waals surface area contributed by atoms with Gasteiger partial charge in [-0.3, -0.25) is 0 Å². The Kier molecular flexibility index (Phi) is 2.04. The molecule has 9 heavy (non-hydrogen) atoms. The average molecular weight is 124 g/mol. The van der Waals surface area contributed by atoms with Crippen LogP contribution >= 0.6 is 0 Å². The van der Waals surface area contributed by atoms with Crippen molar-refractivity contribution in [1.82, 2.24) is 0 Å². The van der Waals surface area contributed by atoms with E-state index in [-0.39, 0.29) is 1.43 Å². The van der Waals surface area contributed by atoms with E-state index in [0.29, 0.717) is 0 Å². The summed E-state index contributed by atoms with van der Waals surface area (Å²) in [7, 11) is 0. The lowest BCUT2D eigenvalue weighted by atomic mass is 10.1. The second kappa shape index (κ2) is 2.81. The zero-order valence-electron chi connectivity index (χ0n) is 6.85.